The number of halogens is 2. The highest BCUT2D eigenvalue weighted by molar-refractivity contribution is 7.90. The molecule has 0 atom stereocenters. The first kappa shape index (κ1) is 20.2. The average molecular weight is 447 g/mol. The first-order chi connectivity index (χ1) is 14.2. The molecule has 0 saturated carbocycles. The smallest absolute Gasteiger partial charge is 0.276 e. The third kappa shape index (κ3) is 3.38. The van der Waals surface area contributed by atoms with E-state index in [1.807, 2.05) is 6.92 Å². The SMILES string of the molecule is Cc1ccc(S(=O)(=O)n2ccc3c(Oc4ccc(Cl)c(F)c4)cn(C)c(=O)c32)cc1. The number of hydrogen-bond donors (Lipinski definition) is 0. The summed E-state index contributed by atoms with van der Waals surface area (Å²) < 4.78 is 47.9. The van der Waals surface area contributed by atoms with Crippen LogP contribution in [0.15, 0.2) is 70.6 Å². The summed E-state index contributed by atoms with van der Waals surface area (Å²) in [6, 6.07) is 11.7. The van der Waals surface area contributed by atoms with Gasteiger partial charge in [-0.3, -0.25) is 4.79 Å². The number of benzene rings is 2. The zero-order chi connectivity index (χ0) is 21.6. The number of ether oxygens (including phenoxy) is 1. The van der Waals surface area contributed by atoms with E-state index in [-0.39, 0.29) is 32.3 Å². The van der Waals surface area contributed by atoms with Crippen molar-refractivity contribution in [1.82, 2.24) is 8.54 Å². The molecular formula is C21H16ClFN2O4S. The molecule has 0 aliphatic heterocycles. The van der Waals surface area contributed by atoms with Crippen molar-refractivity contribution in [3.05, 3.63) is 87.7 Å². The van der Waals surface area contributed by atoms with Gasteiger partial charge in [0, 0.05) is 19.3 Å². The van der Waals surface area contributed by atoms with Gasteiger partial charge in [0.15, 0.2) is 5.75 Å². The fourth-order valence-corrected chi connectivity index (χ4v) is 4.53. The van der Waals surface area contributed by atoms with Gasteiger partial charge in [-0.1, -0.05) is 29.3 Å². The predicted molar refractivity (Wildman–Crippen MR) is 112 cm³/mol. The zero-order valence-corrected chi connectivity index (χ0v) is 17.5. The lowest BCUT2D eigenvalue weighted by Crippen LogP contribution is -2.22. The minimum atomic E-state index is -4.01. The number of aromatic nitrogens is 2. The van der Waals surface area contributed by atoms with Gasteiger partial charge in [0.1, 0.15) is 17.1 Å². The van der Waals surface area contributed by atoms with Gasteiger partial charge in [0.05, 0.1) is 21.5 Å². The van der Waals surface area contributed by atoms with E-state index in [0.29, 0.717) is 0 Å². The molecule has 30 heavy (non-hydrogen) atoms. The summed E-state index contributed by atoms with van der Waals surface area (Å²) in [5.41, 5.74) is 0.332. The summed E-state index contributed by atoms with van der Waals surface area (Å²) >= 11 is 5.70. The lowest BCUT2D eigenvalue weighted by atomic mass is 10.2. The molecule has 0 N–H and O–H groups in total. The van der Waals surface area contributed by atoms with Crippen molar-refractivity contribution in [3.8, 4) is 11.5 Å². The Morgan fingerprint density at radius 3 is 2.43 bits per heavy atom. The van der Waals surface area contributed by atoms with Crippen molar-refractivity contribution in [2.75, 3.05) is 0 Å². The van der Waals surface area contributed by atoms with E-state index in [1.54, 1.807) is 12.1 Å². The van der Waals surface area contributed by atoms with Crippen LogP contribution in [-0.4, -0.2) is 17.0 Å². The van der Waals surface area contributed by atoms with E-state index >= 15 is 0 Å². The van der Waals surface area contributed by atoms with Crippen LogP contribution in [0.1, 0.15) is 5.56 Å². The van der Waals surface area contributed by atoms with Crippen LogP contribution < -0.4 is 10.3 Å². The molecule has 0 fully saturated rings. The molecule has 4 rings (SSSR count). The van der Waals surface area contributed by atoms with E-state index in [2.05, 4.69) is 0 Å². The van der Waals surface area contributed by atoms with Gasteiger partial charge in [-0.05, 0) is 37.3 Å². The van der Waals surface area contributed by atoms with E-state index in [1.165, 1.54) is 54.3 Å². The maximum absolute atomic E-state index is 13.8. The number of rotatable bonds is 4. The molecule has 0 saturated heterocycles. The highest BCUT2D eigenvalue weighted by Crippen LogP contribution is 2.31. The van der Waals surface area contributed by atoms with Crippen molar-refractivity contribution in [2.24, 2.45) is 7.05 Å². The minimum Gasteiger partial charge on any atom is -0.455 e. The number of hydrogen-bond acceptors (Lipinski definition) is 4. The first-order valence-electron chi connectivity index (χ1n) is 8.84. The molecular weight excluding hydrogens is 431 g/mol. The lowest BCUT2D eigenvalue weighted by molar-refractivity contribution is 0.476. The summed E-state index contributed by atoms with van der Waals surface area (Å²) in [6.07, 6.45) is 2.72. The summed E-state index contributed by atoms with van der Waals surface area (Å²) in [4.78, 5) is 12.8. The predicted octanol–water partition coefficient (Wildman–Crippen LogP) is 4.47. The largest absolute Gasteiger partial charge is 0.455 e. The molecule has 2 aromatic carbocycles. The Morgan fingerprint density at radius 1 is 1.07 bits per heavy atom. The minimum absolute atomic E-state index is 0.0525. The van der Waals surface area contributed by atoms with Crippen LogP contribution in [0.25, 0.3) is 10.9 Å². The van der Waals surface area contributed by atoms with Crippen LogP contribution in [0.4, 0.5) is 4.39 Å². The summed E-state index contributed by atoms with van der Waals surface area (Å²) in [5, 5.41) is 0.229. The van der Waals surface area contributed by atoms with Crippen molar-refractivity contribution in [3.63, 3.8) is 0 Å². The Balaban J connectivity index is 1.89. The van der Waals surface area contributed by atoms with Crippen molar-refractivity contribution in [2.45, 2.75) is 11.8 Å². The molecule has 0 aliphatic rings. The Morgan fingerprint density at radius 2 is 1.77 bits per heavy atom. The van der Waals surface area contributed by atoms with Crippen LogP contribution in [0, 0.1) is 12.7 Å². The van der Waals surface area contributed by atoms with Gasteiger partial charge in [0.25, 0.3) is 15.6 Å². The Bertz CT molecular complexity index is 1440. The molecule has 0 unspecified atom stereocenters. The number of aryl methyl sites for hydroxylation is 2. The number of nitrogens with zero attached hydrogens (tertiary/aromatic N) is 2. The lowest BCUT2D eigenvalue weighted by Gasteiger charge is -2.11. The fraction of sp³-hybridized carbons (Fsp3) is 0.0952. The number of pyridine rings is 1. The quantitative estimate of drug-likeness (QED) is 0.463. The van der Waals surface area contributed by atoms with Crippen molar-refractivity contribution in [1.29, 1.82) is 0 Å². The second-order valence-corrected chi connectivity index (χ2v) is 9.00. The summed E-state index contributed by atoms with van der Waals surface area (Å²) in [7, 11) is -2.53. The van der Waals surface area contributed by atoms with E-state index in [4.69, 9.17) is 16.3 Å². The van der Waals surface area contributed by atoms with Crippen molar-refractivity contribution < 1.29 is 17.5 Å². The van der Waals surface area contributed by atoms with Crippen LogP contribution in [0.2, 0.25) is 5.02 Å². The van der Waals surface area contributed by atoms with Gasteiger partial charge >= 0.3 is 0 Å². The molecule has 0 radical (unpaired) electrons. The van der Waals surface area contributed by atoms with Crippen LogP contribution >= 0.6 is 11.6 Å². The molecule has 0 bridgehead atoms. The van der Waals surface area contributed by atoms with Gasteiger partial charge in [-0.25, -0.2) is 16.8 Å². The van der Waals surface area contributed by atoms with Crippen molar-refractivity contribution >= 4 is 32.5 Å². The van der Waals surface area contributed by atoms with Crippen LogP contribution in [0.3, 0.4) is 0 Å². The Kier molecular flexibility index (Phi) is 4.91. The summed E-state index contributed by atoms with van der Waals surface area (Å²) in [6.45, 7) is 1.85. The normalized spacial score (nSPS) is 11.7. The maximum atomic E-state index is 13.8. The van der Waals surface area contributed by atoms with Crippen LogP contribution in [-0.2, 0) is 17.1 Å². The maximum Gasteiger partial charge on any atom is 0.276 e. The van der Waals surface area contributed by atoms with Gasteiger partial charge in [0.2, 0.25) is 0 Å². The standard InChI is InChI=1S/C21H16ClFN2O4S/c1-13-3-6-15(7-4-13)30(27,28)25-10-9-16-19(12-24(2)21(26)20(16)25)29-14-5-8-17(22)18(23)11-14/h3-12H,1-2H3. The van der Waals surface area contributed by atoms with Gasteiger partial charge in [-0.2, -0.15) is 0 Å². The molecule has 4 aromatic rings. The molecule has 6 nitrogen and oxygen atoms in total. The second-order valence-electron chi connectivity index (χ2n) is 6.78. The monoisotopic (exact) mass is 446 g/mol. The highest BCUT2D eigenvalue weighted by atomic mass is 35.5. The highest BCUT2D eigenvalue weighted by Gasteiger charge is 2.23. The fourth-order valence-electron chi connectivity index (χ4n) is 3.07. The van der Waals surface area contributed by atoms with Gasteiger partial charge in [-0.15, -0.1) is 0 Å². The van der Waals surface area contributed by atoms with E-state index < -0.39 is 21.4 Å². The van der Waals surface area contributed by atoms with Gasteiger partial charge < -0.3 is 9.30 Å². The van der Waals surface area contributed by atoms with Crippen LogP contribution in [0.5, 0.6) is 11.5 Å². The molecule has 0 aliphatic carbocycles. The number of fused-ring (bicyclic) bond motifs is 1. The molecule has 2 heterocycles. The summed E-state index contributed by atoms with van der Waals surface area (Å²) in [5.74, 6) is -0.299. The third-order valence-corrected chi connectivity index (χ3v) is 6.64. The molecule has 0 spiro atoms. The Hall–Kier alpha value is -3.10. The topological polar surface area (TPSA) is 70.3 Å². The molecule has 154 valence electrons. The first-order valence-corrected chi connectivity index (χ1v) is 10.7. The average Bonchev–Trinajstić information content (AvgIpc) is 3.16. The zero-order valence-electron chi connectivity index (χ0n) is 16.0. The molecule has 2 aromatic heterocycles. The second kappa shape index (κ2) is 7.30. The molecule has 9 heteroatoms. The van der Waals surface area contributed by atoms with E-state index in [9.17, 15) is 17.6 Å². The molecule has 0 amide bonds. The third-order valence-electron chi connectivity index (χ3n) is 4.65. The van der Waals surface area contributed by atoms with E-state index in [0.717, 1.165) is 15.6 Å². The Labute approximate surface area is 176 Å².